The number of rotatable bonds is 6. The van der Waals surface area contributed by atoms with Crippen LogP contribution in [0, 0.1) is 0 Å². The first kappa shape index (κ1) is 15.2. The van der Waals surface area contributed by atoms with Gasteiger partial charge in [-0.25, -0.2) is 0 Å². The van der Waals surface area contributed by atoms with Crippen molar-refractivity contribution >= 4 is 11.9 Å². The van der Waals surface area contributed by atoms with Gasteiger partial charge in [0.15, 0.2) is 5.82 Å². The van der Waals surface area contributed by atoms with Crippen LogP contribution in [-0.2, 0) is 6.42 Å². The van der Waals surface area contributed by atoms with E-state index in [1.54, 1.807) is 0 Å². The van der Waals surface area contributed by atoms with Gasteiger partial charge in [-0.1, -0.05) is 38.1 Å². The van der Waals surface area contributed by atoms with Crippen molar-refractivity contribution in [2.75, 3.05) is 30.9 Å². The van der Waals surface area contributed by atoms with Crippen molar-refractivity contribution in [2.24, 2.45) is 0 Å². The molecular weight excluding hydrogens is 262 g/mol. The van der Waals surface area contributed by atoms with Crippen LogP contribution in [0.2, 0.25) is 0 Å². The van der Waals surface area contributed by atoms with Crippen LogP contribution in [0.4, 0.5) is 11.9 Å². The molecule has 0 atom stereocenters. The van der Waals surface area contributed by atoms with Gasteiger partial charge in [0, 0.05) is 26.2 Å². The number of anilines is 2. The third kappa shape index (κ3) is 3.90. The molecular formula is C16H23N5. The summed E-state index contributed by atoms with van der Waals surface area (Å²) >= 11 is 0. The van der Waals surface area contributed by atoms with Crippen LogP contribution in [0.5, 0.6) is 0 Å². The highest BCUT2D eigenvalue weighted by molar-refractivity contribution is 5.58. The Morgan fingerprint density at radius 2 is 1.71 bits per heavy atom. The standard InChI is InChI=1S/C16H23N5/c1-5-11-17-15-18-14(19-16(20-15)21(3)4)13-9-7-12(6-2)8-10-13/h7-10H,5-6,11H2,1-4H3,(H,17,18,19,20). The maximum Gasteiger partial charge on any atom is 0.230 e. The zero-order valence-electron chi connectivity index (χ0n) is 13.2. The van der Waals surface area contributed by atoms with Crippen molar-refractivity contribution in [1.82, 2.24) is 15.0 Å². The molecule has 2 rings (SSSR count). The summed E-state index contributed by atoms with van der Waals surface area (Å²) < 4.78 is 0. The van der Waals surface area contributed by atoms with Crippen molar-refractivity contribution in [2.45, 2.75) is 26.7 Å². The Morgan fingerprint density at radius 1 is 1.00 bits per heavy atom. The van der Waals surface area contributed by atoms with Crippen molar-refractivity contribution < 1.29 is 0 Å². The van der Waals surface area contributed by atoms with Crippen LogP contribution in [0.3, 0.4) is 0 Å². The molecule has 0 saturated carbocycles. The first-order valence-corrected chi connectivity index (χ1v) is 7.40. The molecule has 0 saturated heterocycles. The monoisotopic (exact) mass is 285 g/mol. The second-order valence-electron chi connectivity index (χ2n) is 5.15. The largest absolute Gasteiger partial charge is 0.354 e. The first-order valence-electron chi connectivity index (χ1n) is 7.40. The maximum absolute atomic E-state index is 4.53. The van der Waals surface area contributed by atoms with E-state index >= 15 is 0 Å². The van der Waals surface area contributed by atoms with Crippen LogP contribution in [0.1, 0.15) is 25.8 Å². The summed E-state index contributed by atoms with van der Waals surface area (Å²) in [6, 6.07) is 8.37. The van der Waals surface area contributed by atoms with Crippen LogP contribution in [0.15, 0.2) is 24.3 Å². The molecule has 112 valence electrons. The van der Waals surface area contributed by atoms with Gasteiger partial charge in [-0.3, -0.25) is 0 Å². The van der Waals surface area contributed by atoms with Gasteiger partial charge in [0.25, 0.3) is 0 Å². The molecule has 0 bridgehead atoms. The van der Waals surface area contributed by atoms with Crippen molar-refractivity contribution in [3.05, 3.63) is 29.8 Å². The van der Waals surface area contributed by atoms with Crippen LogP contribution in [0.25, 0.3) is 11.4 Å². The highest BCUT2D eigenvalue weighted by Crippen LogP contribution is 2.19. The average Bonchev–Trinajstić information content (AvgIpc) is 2.52. The van der Waals surface area contributed by atoms with E-state index in [-0.39, 0.29) is 0 Å². The second kappa shape index (κ2) is 7.02. The minimum absolute atomic E-state index is 0.630. The van der Waals surface area contributed by atoms with E-state index in [0.29, 0.717) is 17.7 Å². The quantitative estimate of drug-likeness (QED) is 0.884. The molecule has 0 spiro atoms. The normalized spacial score (nSPS) is 10.5. The van der Waals surface area contributed by atoms with Crippen molar-refractivity contribution in [3.8, 4) is 11.4 Å². The zero-order valence-corrected chi connectivity index (χ0v) is 13.2. The summed E-state index contributed by atoms with van der Waals surface area (Å²) in [5.41, 5.74) is 2.32. The van der Waals surface area contributed by atoms with Crippen LogP contribution < -0.4 is 10.2 Å². The summed E-state index contributed by atoms with van der Waals surface area (Å²) in [5, 5.41) is 3.23. The molecule has 1 aromatic heterocycles. The van der Waals surface area contributed by atoms with E-state index in [2.05, 4.69) is 58.4 Å². The SMILES string of the molecule is CCCNc1nc(-c2ccc(CC)cc2)nc(N(C)C)n1. The van der Waals surface area contributed by atoms with Gasteiger partial charge in [-0.2, -0.15) is 15.0 Å². The zero-order chi connectivity index (χ0) is 15.2. The Bertz CT molecular complexity index is 578. The van der Waals surface area contributed by atoms with E-state index < -0.39 is 0 Å². The fourth-order valence-electron chi connectivity index (χ4n) is 1.90. The minimum atomic E-state index is 0.630. The maximum atomic E-state index is 4.53. The fraction of sp³-hybridized carbons (Fsp3) is 0.438. The third-order valence-electron chi connectivity index (χ3n) is 3.18. The number of nitrogens with one attached hydrogen (secondary N) is 1. The molecule has 0 amide bonds. The van der Waals surface area contributed by atoms with Gasteiger partial charge in [0.05, 0.1) is 0 Å². The highest BCUT2D eigenvalue weighted by atomic mass is 15.3. The molecule has 5 heteroatoms. The second-order valence-corrected chi connectivity index (χ2v) is 5.15. The molecule has 0 aliphatic rings. The van der Waals surface area contributed by atoms with Gasteiger partial charge in [-0.15, -0.1) is 0 Å². The number of hydrogen-bond donors (Lipinski definition) is 1. The number of nitrogens with zero attached hydrogens (tertiary/aromatic N) is 4. The van der Waals surface area contributed by atoms with E-state index in [4.69, 9.17) is 0 Å². The molecule has 0 radical (unpaired) electrons. The minimum Gasteiger partial charge on any atom is -0.354 e. The number of hydrogen-bond acceptors (Lipinski definition) is 5. The lowest BCUT2D eigenvalue weighted by molar-refractivity contribution is 0.919. The number of aromatic nitrogens is 3. The Kier molecular flexibility index (Phi) is 5.09. The van der Waals surface area contributed by atoms with E-state index in [0.717, 1.165) is 24.9 Å². The fourth-order valence-corrected chi connectivity index (χ4v) is 1.90. The molecule has 21 heavy (non-hydrogen) atoms. The predicted molar refractivity (Wildman–Crippen MR) is 87.7 cm³/mol. The van der Waals surface area contributed by atoms with Gasteiger partial charge >= 0.3 is 0 Å². The summed E-state index contributed by atoms with van der Waals surface area (Å²) in [4.78, 5) is 15.4. The van der Waals surface area contributed by atoms with Crippen LogP contribution >= 0.6 is 0 Å². The molecule has 0 aliphatic heterocycles. The van der Waals surface area contributed by atoms with E-state index in [1.165, 1.54) is 5.56 Å². The van der Waals surface area contributed by atoms with Crippen LogP contribution in [-0.4, -0.2) is 35.6 Å². The van der Waals surface area contributed by atoms with Gasteiger partial charge in [0.2, 0.25) is 11.9 Å². The summed E-state index contributed by atoms with van der Waals surface area (Å²) in [6.07, 6.45) is 2.06. The Balaban J connectivity index is 2.37. The van der Waals surface area contributed by atoms with Gasteiger partial charge in [0.1, 0.15) is 0 Å². The molecule has 2 aromatic rings. The third-order valence-corrected chi connectivity index (χ3v) is 3.18. The Morgan fingerprint density at radius 3 is 2.29 bits per heavy atom. The topological polar surface area (TPSA) is 53.9 Å². The molecule has 1 N–H and O–H groups in total. The molecule has 5 nitrogen and oxygen atoms in total. The summed E-state index contributed by atoms with van der Waals surface area (Å²) in [5.74, 6) is 2.00. The Hall–Kier alpha value is -2.17. The smallest absolute Gasteiger partial charge is 0.230 e. The number of aryl methyl sites for hydroxylation is 1. The molecule has 1 aromatic carbocycles. The number of benzene rings is 1. The first-order chi connectivity index (χ1) is 10.1. The summed E-state index contributed by atoms with van der Waals surface area (Å²) in [7, 11) is 3.87. The van der Waals surface area contributed by atoms with Gasteiger partial charge < -0.3 is 10.2 Å². The average molecular weight is 285 g/mol. The Labute approximate surface area is 126 Å². The summed E-state index contributed by atoms with van der Waals surface area (Å²) in [6.45, 7) is 5.12. The van der Waals surface area contributed by atoms with Gasteiger partial charge in [-0.05, 0) is 18.4 Å². The molecule has 0 fully saturated rings. The lowest BCUT2D eigenvalue weighted by Crippen LogP contribution is -2.16. The predicted octanol–water partition coefficient (Wildman–Crippen LogP) is 2.99. The van der Waals surface area contributed by atoms with E-state index in [1.807, 2.05) is 19.0 Å². The highest BCUT2D eigenvalue weighted by Gasteiger charge is 2.09. The van der Waals surface area contributed by atoms with E-state index in [9.17, 15) is 0 Å². The molecule has 0 aliphatic carbocycles. The molecule has 0 unspecified atom stereocenters. The lowest BCUT2D eigenvalue weighted by Gasteiger charge is -2.13. The van der Waals surface area contributed by atoms with Crippen molar-refractivity contribution in [3.63, 3.8) is 0 Å². The molecule has 1 heterocycles. The lowest BCUT2D eigenvalue weighted by atomic mass is 10.1. The van der Waals surface area contributed by atoms with Crippen molar-refractivity contribution in [1.29, 1.82) is 0 Å².